The summed E-state index contributed by atoms with van der Waals surface area (Å²) in [6, 6.07) is 9.51. The van der Waals surface area contributed by atoms with E-state index in [0.717, 1.165) is 12.0 Å². The van der Waals surface area contributed by atoms with Gasteiger partial charge in [0.05, 0.1) is 0 Å². The number of piperidine rings is 1. The van der Waals surface area contributed by atoms with Gasteiger partial charge < -0.3 is 14.7 Å². The Kier molecular flexibility index (Phi) is 5.66. The number of aromatic nitrogens is 1. The van der Waals surface area contributed by atoms with Crippen LogP contribution in [-0.2, 0) is 6.42 Å². The SMILES string of the molecule is CCc1ccc(-c2cc(C(=O)NCCN3CCC(F)(F)CC3)no2)cc1. The van der Waals surface area contributed by atoms with E-state index in [2.05, 4.69) is 17.4 Å². The molecule has 0 bridgehead atoms. The average molecular weight is 363 g/mol. The molecule has 2 aromatic rings. The molecule has 1 fully saturated rings. The number of likely N-dealkylation sites (tertiary alicyclic amines) is 1. The van der Waals surface area contributed by atoms with Crippen molar-refractivity contribution in [2.45, 2.75) is 32.1 Å². The molecule has 5 nitrogen and oxygen atoms in total. The molecule has 0 unspecified atom stereocenters. The fourth-order valence-electron chi connectivity index (χ4n) is 2.94. The lowest BCUT2D eigenvalue weighted by atomic mass is 10.1. The number of carbonyl (C=O) groups excluding carboxylic acids is 1. The van der Waals surface area contributed by atoms with Gasteiger partial charge in [0.1, 0.15) is 0 Å². The normalized spacial score (nSPS) is 17.2. The summed E-state index contributed by atoms with van der Waals surface area (Å²) in [5.74, 6) is -2.34. The second kappa shape index (κ2) is 7.95. The first-order valence-electron chi connectivity index (χ1n) is 8.91. The number of amides is 1. The van der Waals surface area contributed by atoms with E-state index >= 15 is 0 Å². The van der Waals surface area contributed by atoms with Crippen molar-refractivity contribution in [3.8, 4) is 11.3 Å². The Morgan fingerprint density at radius 3 is 2.62 bits per heavy atom. The zero-order chi connectivity index (χ0) is 18.6. The fraction of sp³-hybridized carbons (Fsp3) is 0.474. The summed E-state index contributed by atoms with van der Waals surface area (Å²) in [5.41, 5.74) is 2.30. The Hall–Kier alpha value is -2.28. The van der Waals surface area contributed by atoms with Crippen LogP contribution in [0, 0.1) is 0 Å². The summed E-state index contributed by atoms with van der Waals surface area (Å²) in [4.78, 5) is 14.1. The van der Waals surface area contributed by atoms with Gasteiger partial charge in [-0.05, 0) is 12.0 Å². The minimum Gasteiger partial charge on any atom is -0.355 e. The summed E-state index contributed by atoms with van der Waals surface area (Å²) in [6.07, 6.45) is 0.716. The van der Waals surface area contributed by atoms with Crippen molar-refractivity contribution >= 4 is 5.91 Å². The van der Waals surface area contributed by atoms with Gasteiger partial charge in [-0.2, -0.15) is 0 Å². The van der Waals surface area contributed by atoms with E-state index in [9.17, 15) is 13.6 Å². The van der Waals surface area contributed by atoms with E-state index < -0.39 is 5.92 Å². The van der Waals surface area contributed by atoms with Gasteiger partial charge in [-0.3, -0.25) is 4.79 Å². The first kappa shape index (κ1) is 18.5. The van der Waals surface area contributed by atoms with Gasteiger partial charge in [0, 0.05) is 50.7 Å². The molecule has 1 N–H and O–H groups in total. The van der Waals surface area contributed by atoms with Crippen LogP contribution >= 0.6 is 0 Å². The lowest BCUT2D eigenvalue weighted by Crippen LogP contribution is -2.43. The number of rotatable bonds is 6. The third-order valence-corrected chi connectivity index (χ3v) is 4.69. The molecule has 0 atom stereocenters. The number of nitrogens with zero attached hydrogens (tertiary/aromatic N) is 2. The topological polar surface area (TPSA) is 58.4 Å². The highest BCUT2D eigenvalue weighted by Gasteiger charge is 2.33. The minimum absolute atomic E-state index is 0.121. The van der Waals surface area contributed by atoms with Crippen molar-refractivity contribution in [2.75, 3.05) is 26.2 Å². The van der Waals surface area contributed by atoms with Gasteiger partial charge in [0.15, 0.2) is 11.5 Å². The van der Waals surface area contributed by atoms with Crippen molar-refractivity contribution < 1.29 is 18.1 Å². The summed E-state index contributed by atoms with van der Waals surface area (Å²) in [7, 11) is 0. The van der Waals surface area contributed by atoms with E-state index in [-0.39, 0.29) is 24.4 Å². The van der Waals surface area contributed by atoms with Crippen LogP contribution in [0.25, 0.3) is 11.3 Å². The van der Waals surface area contributed by atoms with Gasteiger partial charge >= 0.3 is 0 Å². The van der Waals surface area contributed by atoms with E-state index in [1.54, 1.807) is 6.07 Å². The second-order valence-corrected chi connectivity index (χ2v) is 6.58. The fourth-order valence-corrected chi connectivity index (χ4v) is 2.94. The highest BCUT2D eigenvalue weighted by molar-refractivity contribution is 5.93. The van der Waals surface area contributed by atoms with Crippen molar-refractivity contribution in [2.24, 2.45) is 0 Å². The Morgan fingerprint density at radius 2 is 1.96 bits per heavy atom. The standard InChI is InChI=1S/C19H23F2N3O2/c1-2-14-3-5-15(6-4-14)17-13-16(23-26-17)18(25)22-9-12-24-10-7-19(20,21)8-11-24/h3-6,13H,2,7-12H2,1H3,(H,22,25). The van der Waals surface area contributed by atoms with E-state index in [1.807, 2.05) is 29.2 Å². The molecule has 26 heavy (non-hydrogen) atoms. The highest BCUT2D eigenvalue weighted by atomic mass is 19.3. The zero-order valence-electron chi connectivity index (χ0n) is 14.8. The first-order chi connectivity index (χ1) is 12.5. The molecule has 1 aliphatic rings. The Morgan fingerprint density at radius 1 is 1.27 bits per heavy atom. The van der Waals surface area contributed by atoms with Crippen LogP contribution in [0.3, 0.4) is 0 Å². The highest BCUT2D eigenvalue weighted by Crippen LogP contribution is 2.27. The summed E-state index contributed by atoms with van der Waals surface area (Å²) < 4.78 is 31.5. The largest absolute Gasteiger partial charge is 0.355 e. The maximum absolute atomic E-state index is 13.1. The van der Waals surface area contributed by atoms with Crippen LogP contribution in [0.2, 0.25) is 0 Å². The van der Waals surface area contributed by atoms with Crippen LogP contribution in [0.5, 0.6) is 0 Å². The van der Waals surface area contributed by atoms with Crippen LogP contribution < -0.4 is 5.32 Å². The number of nitrogens with one attached hydrogen (secondary N) is 1. The third kappa shape index (κ3) is 4.66. The third-order valence-electron chi connectivity index (χ3n) is 4.69. The van der Waals surface area contributed by atoms with Gasteiger partial charge in [0.2, 0.25) is 0 Å². The Bertz CT molecular complexity index is 733. The van der Waals surface area contributed by atoms with Crippen molar-refractivity contribution in [3.63, 3.8) is 0 Å². The van der Waals surface area contributed by atoms with Crippen LogP contribution in [0.4, 0.5) is 8.78 Å². The van der Waals surface area contributed by atoms with Gasteiger partial charge in [-0.25, -0.2) is 8.78 Å². The number of benzene rings is 1. The molecule has 3 rings (SSSR count). The molecule has 1 amide bonds. The van der Waals surface area contributed by atoms with E-state index in [1.165, 1.54) is 5.56 Å². The Labute approximate surface area is 151 Å². The predicted octanol–water partition coefficient (Wildman–Crippen LogP) is 3.36. The number of hydrogen-bond acceptors (Lipinski definition) is 4. The van der Waals surface area contributed by atoms with Crippen LogP contribution in [0.15, 0.2) is 34.9 Å². The predicted molar refractivity (Wildman–Crippen MR) is 94.3 cm³/mol. The molecule has 140 valence electrons. The zero-order valence-corrected chi connectivity index (χ0v) is 14.8. The molecule has 7 heteroatoms. The molecule has 2 heterocycles. The minimum atomic E-state index is -2.55. The lowest BCUT2D eigenvalue weighted by Gasteiger charge is -2.31. The quantitative estimate of drug-likeness (QED) is 0.855. The molecule has 1 aromatic heterocycles. The summed E-state index contributed by atoms with van der Waals surface area (Å²) >= 11 is 0. The number of halogens is 2. The van der Waals surface area contributed by atoms with Gasteiger partial charge in [0.25, 0.3) is 11.8 Å². The summed E-state index contributed by atoms with van der Waals surface area (Å²) in [5, 5.41) is 6.58. The molecule has 0 saturated carbocycles. The first-order valence-corrected chi connectivity index (χ1v) is 8.91. The molecule has 0 spiro atoms. The number of aryl methyl sites for hydroxylation is 1. The number of alkyl halides is 2. The maximum Gasteiger partial charge on any atom is 0.273 e. The van der Waals surface area contributed by atoms with Crippen molar-refractivity contribution in [3.05, 3.63) is 41.6 Å². The molecular weight excluding hydrogens is 340 g/mol. The molecular formula is C19H23F2N3O2. The van der Waals surface area contributed by atoms with Gasteiger partial charge in [-0.1, -0.05) is 36.3 Å². The summed E-state index contributed by atoms with van der Waals surface area (Å²) in [6.45, 7) is 3.72. The van der Waals surface area contributed by atoms with Crippen LogP contribution in [0.1, 0.15) is 35.8 Å². The monoisotopic (exact) mass is 363 g/mol. The van der Waals surface area contributed by atoms with Crippen LogP contribution in [-0.4, -0.2) is 48.1 Å². The van der Waals surface area contributed by atoms with E-state index in [0.29, 0.717) is 31.9 Å². The van der Waals surface area contributed by atoms with Gasteiger partial charge in [-0.15, -0.1) is 0 Å². The maximum atomic E-state index is 13.1. The molecule has 1 aromatic carbocycles. The number of hydrogen-bond donors (Lipinski definition) is 1. The lowest BCUT2D eigenvalue weighted by molar-refractivity contribution is -0.0547. The second-order valence-electron chi connectivity index (χ2n) is 6.58. The van der Waals surface area contributed by atoms with Crippen molar-refractivity contribution in [1.82, 2.24) is 15.4 Å². The van der Waals surface area contributed by atoms with Crippen molar-refractivity contribution in [1.29, 1.82) is 0 Å². The molecule has 0 radical (unpaired) electrons. The van der Waals surface area contributed by atoms with E-state index in [4.69, 9.17) is 4.52 Å². The Balaban J connectivity index is 1.49. The number of carbonyl (C=O) groups is 1. The molecule has 1 saturated heterocycles. The average Bonchev–Trinajstić information content (AvgIpc) is 3.13. The molecule has 0 aliphatic carbocycles. The molecule has 1 aliphatic heterocycles. The smallest absolute Gasteiger partial charge is 0.273 e.